The molecule has 0 radical (unpaired) electrons. The molecule has 0 aromatic heterocycles. The third-order valence-electron chi connectivity index (χ3n) is 3.46. The molecule has 1 aromatic rings. The molecule has 5 nitrogen and oxygen atoms in total. The molecule has 1 heterocycles. The number of carbonyl (C=O) groups is 2. The van der Waals surface area contributed by atoms with Crippen molar-refractivity contribution in [1.82, 2.24) is 4.90 Å². The Hall–Kier alpha value is -0.950. The zero-order chi connectivity index (χ0) is 19.5. The first kappa shape index (κ1) is 21.4. The van der Waals surface area contributed by atoms with Gasteiger partial charge in [-0.05, 0) is 40.9 Å². The summed E-state index contributed by atoms with van der Waals surface area (Å²) in [5, 5.41) is 0. The zero-order valence-corrected chi connectivity index (χ0v) is 17.9. The van der Waals surface area contributed by atoms with Crippen molar-refractivity contribution in [2.45, 2.75) is 36.2 Å². The summed E-state index contributed by atoms with van der Waals surface area (Å²) in [6.45, 7) is 3.11. The van der Waals surface area contributed by atoms with Gasteiger partial charge in [0.05, 0.1) is 18.6 Å². The fourth-order valence-corrected chi connectivity index (χ4v) is 3.26. The lowest BCUT2D eigenvalue weighted by Crippen LogP contribution is -2.36. The number of amides is 1. The normalized spacial score (nSPS) is 16.8. The molecule has 142 valence electrons. The molecule has 26 heavy (non-hydrogen) atoms. The standard InChI is InChI=1S/C17H17BrCl3NO4/c1-10(2)26-15(23)7-14-12-6-4-3-5-11(12)13(18)8-22(14)16(24)25-9-17(19,20)21/h3-6,8,10,14H,7,9H2,1-2H3/t14-/m1/s1. The third-order valence-corrected chi connectivity index (χ3v) is 4.42. The second kappa shape index (κ2) is 8.83. The first-order valence-corrected chi connectivity index (χ1v) is 9.69. The lowest BCUT2D eigenvalue weighted by atomic mass is 9.94. The van der Waals surface area contributed by atoms with Crippen LogP contribution in [0.3, 0.4) is 0 Å². The van der Waals surface area contributed by atoms with Gasteiger partial charge in [-0.25, -0.2) is 4.79 Å². The molecular formula is C17H17BrCl3NO4. The van der Waals surface area contributed by atoms with Crippen molar-refractivity contribution in [3.63, 3.8) is 0 Å². The van der Waals surface area contributed by atoms with Gasteiger partial charge in [-0.1, -0.05) is 59.1 Å². The second-order valence-electron chi connectivity index (χ2n) is 5.90. The van der Waals surface area contributed by atoms with Crippen molar-refractivity contribution in [2.75, 3.05) is 6.61 Å². The average molecular weight is 486 g/mol. The molecule has 0 saturated heterocycles. The maximum atomic E-state index is 12.5. The highest BCUT2D eigenvalue weighted by Gasteiger charge is 2.34. The summed E-state index contributed by atoms with van der Waals surface area (Å²) in [6.07, 6.45) is 0.532. The fraction of sp³-hybridized carbons (Fsp3) is 0.412. The number of esters is 1. The van der Waals surface area contributed by atoms with Gasteiger partial charge in [0, 0.05) is 10.7 Å². The molecular weight excluding hydrogens is 468 g/mol. The number of carbonyl (C=O) groups excluding carboxylic acids is 2. The molecule has 0 bridgehead atoms. The van der Waals surface area contributed by atoms with Crippen LogP contribution >= 0.6 is 50.7 Å². The highest BCUT2D eigenvalue weighted by atomic mass is 79.9. The Labute approximate surface area is 175 Å². The van der Waals surface area contributed by atoms with Crippen LogP contribution in [0.15, 0.2) is 30.5 Å². The molecule has 0 N–H and O–H groups in total. The Balaban J connectivity index is 2.30. The number of halogens is 4. The molecule has 2 rings (SSSR count). The van der Waals surface area contributed by atoms with Gasteiger partial charge in [-0.3, -0.25) is 9.69 Å². The summed E-state index contributed by atoms with van der Waals surface area (Å²) in [6, 6.07) is 6.83. The lowest BCUT2D eigenvalue weighted by Gasteiger charge is -2.33. The number of ether oxygens (including phenoxy) is 2. The van der Waals surface area contributed by atoms with E-state index in [1.807, 2.05) is 24.3 Å². The largest absolute Gasteiger partial charge is 0.463 e. The van der Waals surface area contributed by atoms with E-state index in [0.717, 1.165) is 11.1 Å². The van der Waals surface area contributed by atoms with Crippen LogP contribution in [0, 0.1) is 0 Å². The van der Waals surface area contributed by atoms with Crippen molar-refractivity contribution in [2.24, 2.45) is 0 Å². The van der Waals surface area contributed by atoms with E-state index in [2.05, 4.69) is 15.9 Å². The number of benzene rings is 1. The van der Waals surface area contributed by atoms with Crippen LogP contribution in [0.1, 0.15) is 37.4 Å². The number of rotatable bonds is 4. The molecule has 9 heteroatoms. The summed E-state index contributed by atoms with van der Waals surface area (Å²) in [7, 11) is 0. The van der Waals surface area contributed by atoms with E-state index in [9.17, 15) is 9.59 Å². The van der Waals surface area contributed by atoms with E-state index in [0.29, 0.717) is 4.48 Å². The minimum atomic E-state index is -1.73. The van der Waals surface area contributed by atoms with Crippen LogP contribution in [-0.4, -0.2) is 33.5 Å². The highest BCUT2D eigenvalue weighted by molar-refractivity contribution is 9.15. The first-order chi connectivity index (χ1) is 12.1. The quantitative estimate of drug-likeness (QED) is 0.412. The van der Waals surface area contributed by atoms with Gasteiger partial charge in [0.2, 0.25) is 3.79 Å². The van der Waals surface area contributed by atoms with E-state index in [1.165, 1.54) is 4.90 Å². The molecule has 0 aliphatic carbocycles. The summed E-state index contributed by atoms with van der Waals surface area (Å²) in [4.78, 5) is 26.0. The Morgan fingerprint density at radius 3 is 2.54 bits per heavy atom. The first-order valence-electron chi connectivity index (χ1n) is 7.76. The van der Waals surface area contributed by atoms with Crippen molar-refractivity contribution in [3.05, 3.63) is 41.6 Å². The van der Waals surface area contributed by atoms with E-state index in [4.69, 9.17) is 44.3 Å². The van der Waals surface area contributed by atoms with Gasteiger partial charge in [0.1, 0.15) is 6.61 Å². The highest BCUT2D eigenvalue weighted by Crippen LogP contribution is 2.40. The van der Waals surface area contributed by atoms with Gasteiger partial charge in [-0.15, -0.1) is 0 Å². The smallest absolute Gasteiger partial charge is 0.414 e. The van der Waals surface area contributed by atoms with E-state index >= 15 is 0 Å². The molecule has 1 amide bonds. The Kier molecular flexibility index (Phi) is 7.25. The van der Waals surface area contributed by atoms with Crippen molar-refractivity contribution >= 4 is 67.3 Å². The van der Waals surface area contributed by atoms with Gasteiger partial charge >= 0.3 is 12.1 Å². The average Bonchev–Trinajstić information content (AvgIpc) is 2.53. The van der Waals surface area contributed by atoms with E-state index in [-0.39, 0.29) is 12.5 Å². The van der Waals surface area contributed by atoms with Crippen molar-refractivity contribution < 1.29 is 19.1 Å². The number of fused-ring (bicyclic) bond motifs is 1. The summed E-state index contributed by atoms with van der Waals surface area (Å²) in [5.41, 5.74) is 1.66. The van der Waals surface area contributed by atoms with Gasteiger partial charge in [-0.2, -0.15) is 0 Å². The fourth-order valence-electron chi connectivity index (χ4n) is 2.51. The second-order valence-corrected chi connectivity index (χ2v) is 9.27. The number of hydrogen-bond donors (Lipinski definition) is 0. The molecule has 0 saturated carbocycles. The lowest BCUT2D eigenvalue weighted by molar-refractivity contribution is -0.148. The maximum Gasteiger partial charge on any atom is 0.414 e. The van der Waals surface area contributed by atoms with Crippen molar-refractivity contribution in [3.8, 4) is 0 Å². The predicted octanol–water partition coefficient (Wildman–Crippen LogP) is 5.59. The number of nitrogens with zero attached hydrogens (tertiary/aromatic N) is 1. The minimum Gasteiger partial charge on any atom is -0.463 e. The third kappa shape index (κ3) is 5.78. The molecule has 0 fully saturated rings. The molecule has 0 spiro atoms. The summed E-state index contributed by atoms with van der Waals surface area (Å²) < 4.78 is 9.25. The van der Waals surface area contributed by atoms with Gasteiger partial charge in [0.15, 0.2) is 0 Å². The molecule has 1 aliphatic heterocycles. The monoisotopic (exact) mass is 483 g/mol. The maximum absolute atomic E-state index is 12.5. The van der Waals surface area contributed by atoms with Crippen molar-refractivity contribution in [1.29, 1.82) is 0 Å². The minimum absolute atomic E-state index is 0.0329. The van der Waals surface area contributed by atoms with Crippen LogP contribution in [-0.2, 0) is 14.3 Å². The topological polar surface area (TPSA) is 55.8 Å². The van der Waals surface area contributed by atoms with Crippen LogP contribution in [0.4, 0.5) is 4.79 Å². The van der Waals surface area contributed by atoms with Gasteiger partial charge in [0.25, 0.3) is 0 Å². The predicted molar refractivity (Wildman–Crippen MR) is 105 cm³/mol. The number of alkyl halides is 3. The van der Waals surface area contributed by atoms with Gasteiger partial charge < -0.3 is 9.47 Å². The van der Waals surface area contributed by atoms with Crippen LogP contribution in [0.5, 0.6) is 0 Å². The Morgan fingerprint density at radius 1 is 1.27 bits per heavy atom. The summed E-state index contributed by atoms with van der Waals surface area (Å²) in [5.74, 6) is -0.426. The zero-order valence-electron chi connectivity index (χ0n) is 14.0. The molecule has 1 aromatic carbocycles. The Morgan fingerprint density at radius 2 is 1.92 bits per heavy atom. The number of hydrogen-bond acceptors (Lipinski definition) is 4. The molecule has 1 atom stereocenters. The van der Waals surface area contributed by atoms with Crippen LogP contribution in [0.25, 0.3) is 4.48 Å². The van der Waals surface area contributed by atoms with E-state index in [1.54, 1.807) is 20.0 Å². The molecule has 0 unspecified atom stereocenters. The summed E-state index contributed by atoms with van der Waals surface area (Å²) >= 11 is 20.4. The van der Waals surface area contributed by atoms with Crippen LogP contribution in [0.2, 0.25) is 0 Å². The van der Waals surface area contributed by atoms with E-state index < -0.39 is 28.5 Å². The Bertz CT molecular complexity index is 718. The molecule has 1 aliphatic rings. The SMILES string of the molecule is CC(C)OC(=O)C[C@@H]1c2ccccc2C(Br)=CN1C(=O)OCC(Cl)(Cl)Cl. The van der Waals surface area contributed by atoms with Crippen LogP contribution < -0.4 is 0 Å².